The van der Waals surface area contributed by atoms with Crippen LogP contribution in [-0.2, 0) is 10.0 Å². The van der Waals surface area contributed by atoms with E-state index >= 15 is 0 Å². The number of piperazine rings is 1. The van der Waals surface area contributed by atoms with E-state index in [9.17, 15) is 13.2 Å². The number of benzene rings is 1. The van der Waals surface area contributed by atoms with Crippen molar-refractivity contribution in [1.82, 2.24) is 19.8 Å². The third kappa shape index (κ3) is 6.73. The molecule has 0 bridgehead atoms. The molecule has 0 unspecified atom stereocenters. The van der Waals surface area contributed by atoms with E-state index in [0.29, 0.717) is 12.1 Å². The van der Waals surface area contributed by atoms with Crippen LogP contribution in [0.3, 0.4) is 0 Å². The molecule has 1 aliphatic rings. The van der Waals surface area contributed by atoms with E-state index in [2.05, 4.69) is 15.5 Å². The number of carbonyl (C=O) groups is 1. The number of hydrogen-bond donors (Lipinski definition) is 2. The minimum absolute atomic E-state index is 0. The summed E-state index contributed by atoms with van der Waals surface area (Å²) in [5.74, 6) is -0.241. The molecule has 1 saturated heterocycles. The van der Waals surface area contributed by atoms with Gasteiger partial charge in [0, 0.05) is 51.4 Å². The van der Waals surface area contributed by atoms with Gasteiger partial charge in [0.25, 0.3) is 5.91 Å². The number of amides is 1. The fraction of sp³-hybridized carbons (Fsp3) is 0.611. The molecule has 2 N–H and O–H groups in total. The van der Waals surface area contributed by atoms with E-state index in [-0.39, 0.29) is 29.3 Å². The zero-order chi connectivity index (χ0) is 19.2. The number of nitrogens with one attached hydrogen (secondary N) is 2. The van der Waals surface area contributed by atoms with Crippen molar-refractivity contribution in [2.24, 2.45) is 0 Å². The third-order valence-electron chi connectivity index (χ3n) is 4.65. The standard InChI is InChI=1S/C18H30N4O3S.ClH/c1-15(2)21(3)26(24,25)17-7-4-6-16(14-17)18(23)20-8-5-11-22-12-9-19-10-13-22;/h4,6-7,14-15,19H,5,8-13H2,1-3H3,(H,20,23);1H. The highest BCUT2D eigenvalue weighted by atomic mass is 35.5. The molecule has 154 valence electrons. The molecule has 27 heavy (non-hydrogen) atoms. The topological polar surface area (TPSA) is 81.8 Å². The first-order chi connectivity index (χ1) is 12.3. The number of sulfonamides is 1. The summed E-state index contributed by atoms with van der Waals surface area (Å²) >= 11 is 0. The lowest BCUT2D eigenvalue weighted by Gasteiger charge is -2.27. The second-order valence-corrected chi connectivity index (χ2v) is 8.84. The van der Waals surface area contributed by atoms with Gasteiger partial charge in [-0.3, -0.25) is 4.79 Å². The maximum atomic E-state index is 12.6. The zero-order valence-electron chi connectivity index (χ0n) is 16.3. The van der Waals surface area contributed by atoms with Crippen LogP contribution >= 0.6 is 12.4 Å². The molecule has 0 aromatic heterocycles. The highest BCUT2D eigenvalue weighted by Crippen LogP contribution is 2.17. The summed E-state index contributed by atoms with van der Waals surface area (Å²) in [5.41, 5.74) is 0.366. The average Bonchev–Trinajstić information content (AvgIpc) is 2.65. The maximum Gasteiger partial charge on any atom is 0.251 e. The Morgan fingerprint density at radius 1 is 1.30 bits per heavy atom. The Labute approximate surface area is 168 Å². The van der Waals surface area contributed by atoms with Crippen molar-refractivity contribution in [3.8, 4) is 0 Å². The third-order valence-corrected chi connectivity index (χ3v) is 6.68. The van der Waals surface area contributed by atoms with Crippen LogP contribution in [-0.4, -0.2) is 75.9 Å². The lowest BCUT2D eigenvalue weighted by molar-refractivity contribution is 0.0951. The Morgan fingerprint density at radius 3 is 2.59 bits per heavy atom. The van der Waals surface area contributed by atoms with Crippen molar-refractivity contribution >= 4 is 28.3 Å². The number of rotatable bonds is 8. The lowest BCUT2D eigenvalue weighted by Crippen LogP contribution is -2.44. The van der Waals surface area contributed by atoms with Gasteiger partial charge in [-0.1, -0.05) is 6.07 Å². The van der Waals surface area contributed by atoms with Crippen molar-refractivity contribution in [2.75, 3.05) is 46.3 Å². The van der Waals surface area contributed by atoms with Crippen molar-refractivity contribution < 1.29 is 13.2 Å². The molecule has 1 fully saturated rings. The summed E-state index contributed by atoms with van der Waals surface area (Å²) in [6.45, 7) is 9.26. The average molecular weight is 419 g/mol. The molecule has 1 amide bonds. The first-order valence-corrected chi connectivity index (χ1v) is 10.6. The van der Waals surface area contributed by atoms with Crippen molar-refractivity contribution in [3.05, 3.63) is 29.8 Å². The predicted molar refractivity (Wildman–Crippen MR) is 110 cm³/mol. The van der Waals surface area contributed by atoms with Gasteiger partial charge in [-0.2, -0.15) is 4.31 Å². The van der Waals surface area contributed by atoms with Crippen LogP contribution in [0.5, 0.6) is 0 Å². The van der Waals surface area contributed by atoms with E-state index in [0.717, 1.165) is 39.1 Å². The Balaban J connectivity index is 0.00000364. The van der Waals surface area contributed by atoms with Crippen molar-refractivity contribution in [2.45, 2.75) is 31.2 Å². The quantitative estimate of drug-likeness (QED) is 0.619. The van der Waals surface area contributed by atoms with E-state index in [1.807, 2.05) is 13.8 Å². The molecule has 0 aliphatic carbocycles. The monoisotopic (exact) mass is 418 g/mol. The molecule has 0 spiro atoms. The Hall–Kier alpha value is -1.19. The van der Waals surface area contributed by atoms with Crippen LogP contribution < -0.4 is 10.6 Å². The molecular weight excluding hydrogens is 388 g/mol. The highest BCUT2D eigenvalue weighted by molar-refractivity contribution is 7.89. The molecule has 1 aromatic carbocycles. The second-order valence-electron chi connectivity index (χ2n) is 6.84. The van der Waals surface area contributed by atoms with Crippen LogP contribution in [0, 0.1) is 0 Å². The molecule has 1 aromatic rings. The van der Waals surface area contributed by atoms with Gasteiger partial charge in [-0.05, 0) is 45.0 Å². The van der Waals surface area contributed by atoms with Crippen molar-refractivity contribution in [3.63, 3.8) is 0 Å². The van der Waals surface area contributed by atoms with Crippen LogP contribution in [0.4, 0.5) is 0 Å². The number of hydrogen-bond acceptors (Lipinski definition) is 5. The lowest BCUT2D eigenvalue weighted by atomic mass is 10.2. The molecule has 9 heteroatoms. The van der Waals surface area contributed by atoms with Gasteiger partial charge in [-0.25, -0.2) is 8.42 Å². The number of carbonyl (C=O) groups excluding carboxylic acids is 1. The Bertz CT molecular complexity index is 706. The molecular formula is C18H31ClN4O3S. The first kappa shape index (κ1) is 23.8. The van der Waals surface area contributed by atoms with Gasteiger partial charge in [0.05, 0.1) is 4.90 Å². The molecule has 2 rings (SSSR count). The summed E-state index contributed by atoms with van der Waals surface area (Å²) in [4.78, 5) is 14.8. The Kier molecular flexibility index (Phi) is 9.69. The summed E-state index contributed by atoms with van der Waals surface area (Å²) < 4.78 is 26.4. The molecule has 0 atom stereocenters. The van der Waals surface area contributed by atoms with E-state index < -0.39 is 10.0 Å². The van der Waals surface area contributed by atoms with Gasteiger partial charge < -0.3 is 15.5 Å². The highest BCUT2D eigenvalue weighted by Gasteiger charge is 2.23. The van der Waals surface area contributed by atoms with E-state index in [4.69, 9.17) is 0 Å². The number of halogens is 1. The van der Waals surface area contributed by atoms with Crippen LogP contribution in [0.1, 0.15) is 30.6 Å². The maximum absolute atomic E-state index is 12.6. The fourth-order valence-corrected chi connectivity index (χ4v) is 4.20. The molecule has 1 aliphatic heterocycles. The van der Waals surface area contributed by atoms with Crippen LogP contribution in [0.15, 0.2) is 29.2 Å². The summed E-state index contributed by atoms with van der Waals surface area (Å²) in [6, 6.07) is 6.06. The van der Waals surface area contributed by atoms with Crippen LogP contribution in [0.25, 0.3) is 0 Å². The van der Waals surface area contributed by atoms with E-state index in [1.165, 1.54) is 16.4 Å². The predicted octanol–water partition coefficient (Wildman–Crippen LogP) is 1.16. The largest absolute Gasteiger partial charge is 0.352 e. The summed E-state index contributed by atoms with van der Waals surface area (Å²) in [7, 11) is -2.05. The minimum Gasteiger partial charge on any atom is -0.352 e. The van der Waals surface area contributed by atoms with Gasteiger partial charge in [0.2, 0.25) is 10.0 Å². The summed E-state index contributed by atoms with van der Waals surface area (Å²) in [5, 5.41) is 6.19. The van der Waals surface area contributed by atoms with Crippen molar-refractivity contribution in [1.29, 1.82) is 0 Å². The molecule has 7 nitrogen and oxygen atoms in total. The molecule has 1 heterocycles. The van der Waals surface area contributed by atoms with E-state index in [1.54, 1.807) is 19.2 Å². The first-order valence-electron chi connectivity index (χ1n) is 9.11. The fourth-order valence-electron chi connectivity index (χ4n) is 2.78. The van der Waals surface area contributed by atoms with Gasteiger partial charge in [0.1, 0.15) is 0 Å². The van der Waals surface area contributed by atoms with Gasteiger partial charge in [-0.15, -0.1) is 12.4 Å². The minimum atomic E-state index is -3.59. The Morgan fingerprint density at radius 2 is 1.96 bits per heavy atom. The number of nitrogens with zero attached hydrogens (tertiary/aromatic N) is 2. The normalized spacial score (nSPS) is 15.6. The van der Waals surface area contributed by atoms with Gasteiger partial charge >= 0.3 is 0 Å². The molecule has 0 saturated carbocycles. The summed E-state index contributed by atoms with van der Waals surface area (Å²) in [6.07, 6.45) is 0.875. The second kappa shape index (κ2) is 11.0. The van der Waals surface area contributed by atoms with Gasteiger partial charge in [0.15, 0.2) is 0 Å². The molecule has 0 radical (unpaired) electrons. The van der Waals surface area contributed by atoms with Crippen LogP contribution in [0.2, 0.25) is 0 Å². The zero-order valence-corrected chi connectivity index (χ0v) is 17.9. The smallest absolute Gasteiger partial charge is 0.251 e. The SMILES string of the molecule is CC(C)N(C)S(=O)(=O)c1cccc(C(=O)NCCCN2CCNCC2)c1.Cl.